The standard InChI is InChI=1S/C17H14N4O5/c22-11-7-5-10(6-8-11)15(17(25)26)18-14(23)9-21-16(24)12-3-1-2-4-13(12)19-20-21/h1-8,15,22H,9H2,(H,18,23)(H,25,26)/t15-/m0/s1. The number of phenols is 1. The number of hydrogen-bond donors (Lipinski definition) is 3. The van der Waals surface area contributed by atoms with Crippen molar-refractivity contribution in [3.8, 4) is 5.75 Å². The van der Waals surface area contributed by atoms with E-state index in [1.807, 2.05) is 0 Å². The Morgan fingerprint density at radius 2 is 1.81 bits per heavy atom. The summed E-state index contributed by atoms with van der Waals surface area (Å²) in [5, 5.41) is 28.8. The zero-order chi connectivity index (χ0) is 18.7. The first-order chi connectivity index (χ1) is 12.5. The van der Waals surface area contributed by atoms with E-state index in [0.29, 0.717) is 10.9 Å². The number of aromatic nitrogens is 3. The van der Waals surface area contributed by atoms with Crippen molar-refractivity contribution in [2.24, 2.45) is 0 Å². The van der Waals surface area contributed by atoms with Crippen LogP contribution >= 0.6 is 0 Å². The summed E-state index contributed by atoms with van der Waals surface area (Å²) in [7, 11) is 0. The first-order valence-electron chi connectivity index (χ1n) is 7.59. The Hall–Kier alpha value is -3.75. The summed E-state index contributed by atoms with van der Waals surface area (Å²) in [5.41, 5.74) is 0.185. The molecule has 0 saturated carbocycles. The van der Waals surface area contributed by atoms with Gasteiger partial charge in [0, 0.05) is 0 Å². The van der Waals surface area contributed by atoms with E-state index in [9.17, 15) is 24.6 Å². The smallest absolute Gasteiger partial charge is 0.330 e. The number of carboxylic acids is 1. The van der Waals surface area contributed by atoms with Crippen LogP contribution in [0.2, 0.25) is 0 Å². The number of rotatable bonds is 5. The van der Waals surface area contributed by atoms with E-state index in [1.54, 1.807) is 24.3 Å². The molecule has 0 saturated heterocycles. The maximum Gasteiger partial charge on any atom is 0.330 e. The molecular weight excluding hydrogens is 340 g/mol. The average molecular weight is 354 g/mol. The molecule has 0 aliphatic heterocycles. The zero-order valence-electron chi connectivity index (χ0n) is 13.4. The maximum atomic E-state index is 12.3. The summed E-state index contributed by atoms with van der Waals surface area (Å²) >= 11 is 0. The molecule has 9 nitrogen and oxygen atoms in total. The predicted octanol–water partition coefficient (Wildman–Crippen LogP) is 0.439. The fourth-order valence-corrected chi connectivity index (χ4v) is 2.42. The second kappa shape index (κ2) is 7.01. The number of nitrogens with one attached hydrogen (secondary N) is 1. The van der Waals surface area contributed by atoms with Gasteiger partial charge in [-0.2, -0.15) is 0 Å². The van der Waals surface area contributed by atoms with Crippen LogP contribution in [-0.2, 0) is 16.1 Å². The second-order valence-corrected chi connectivity index (χ2v) is 5.50. The first-order valence-corrected chi connectivity index (χ1v) is 7.59. The molecule has 132 valence electrons. The molecule has 0 unspecified atom stereocenters. The Kier molecular flexibility index (Phi) is 4.61. The molecule has 0 bridgehead atoms. The number of carboxylic acid groups (broad SMARTS) is 1. The molecule has 26 heavy (non-hydrogen) atoms. The number of hydrogen-bond acceptors (Lipinski definition) is 6. The van der Waals surface area contributed by atoms with Crippen molar-refractivity contribution in [2.75, 3.05) is 0 Å². The van der Waals surface area contributed by atoms with Crippen LogP contribution in [0.3, 0.4) is 0 Å². The number of phenolic OH excluding ortho intramolecular Hbond substituents is 1. The second-order valence-electron chi connectivity index (χ2n) is 5.50. The number of amides is 1. The highest BCUT2D eigenvalue weighted by atomic mass is 16.4. The van der Waals surface area contributed by atoms with E-state index >= 15 is 0 Å². The Bertz CT molecular complexity index is 1030. The molecule has 1 atom stereocenters. The van der Waals surface area contributed by atoms with Gasteiger partial charge in [-0.1, -0.05) is 29.5 Å². The Labute approximate surface area is 146 Å². The molecule has 2 aromatic carbocycles. The van der Waals surface area contributed by atoms with Crippen LogP contribution in [0.1, 0.15) is 11.6 Å². The van der Waals surface area contributed by atoms with Gasteiger partial charge in [0.2, 0.25) is 5.91 Å². The third-order valence-electron chi connectivity index (χ3n) is 3.70. The largest absolute Gasteiger partial charge is 0.508 e. The van der Waals surface area contributed by atoms with Gasteiger partial charge in [0.1, 0.15) is 17.8 Å². The minimum Gasteiger partial charge on any atom is -0.508 e. The lowest BCUT2D eigenvalue weighted by Gasteiger charge is -2.15. The first kappa shape index (κ1) is 17.1. The third kappa shape index (κ3) is 3.51. The van der Waals surface area contributed by atoms with Crippen LogP contribution in [0.4, 0.5) is 0 Å². The fraction of sp³-hybridized carbons (Fsp3) is 0.118. The lowest BCUT2D eigenvalue weighted by molar-refractivity contribution is -0.142. The van der Waals surface area contributed by atoms with Crippen molar-refractivity contribution in [2.45, 2.75) is 12.6 Å². The maximum absolute atomic E-state index is 12.3. The van der Waals surface area contributed by atoms with Gasteiger partial charge in [-0.25, -0.2) is 9.48 Å². The number of nitrogens with zero attached hydrogens (tertiary/aromatic N) is 3. The molecule has 1 heterocycles. The average Bonchev–Trinajstić information content (AvgIpc) is 2.63. The normalized spacial score (nSPS) is 11.8. The van der Waals surface area contributed by atoms with Gasteiger partial charge in [0.15, 0.2) is 6.04 Å². The minimum atomic E-state index is -1.33. The summed E-state index contributed by atoms with van der Waals surface area (Å²) in [4.78, 5) is 36.0. The summed E-state index contributed by atoms with van der Waals surface area (Å²) in [6, 6.07) is 10.6. The molecule has 1 amide bonds. The Morgan fingerprint density at radius 1 is 1.12 bits per heavy atom. The van der Waals surface area contributed by atoms with Crippen molar-refractivity contribution in [1.82, 2.24) is 20.3 Å². The van der Waals surface area contributed by atoms with Crippen molar-refractivity contribution >= 4 is 22.8 Å². The summed E-state index contributed by atoms with van der Waals surface area (Å²) in [6.45, 7) is -0.474. The van der Waals surface area contributed by atoms with Gasteiger partial charge in [-0.15, -0.1) is 5.10 Å². The topological polar surface area (TPSA) is 134 Å². The molecule has 0 spiro atoms. The Balaban J connectivity index is 1.81. The molecule has 1 aromatic heterocycles. The number of aliphatic carboxylic acids is 1. The van der Waals surface area contributed by atoms with Gasteiger partial charge in [0.25, 0.3) is 5.56 Å². The molecule has 0 aliphatic carbocycles. The van der Waals surface area contributed by atoms with Crippen molar-refractivity contribution in [3.63, 3.8) is 0 Å². The van der Waals surface area contributed by atoms with Crippen LogP contribution in [-0.4, -0.2) is 37.1 Å². The van der Waals surface area contributed by atoms with Crippen LogP contribution in [0.5, 0.6) is 5.75 Å². The van der Waals surface area contributed by atoms with E-state index in [4.69, 9.17) is 0 Å². The van der Waals surface area contributed by atoms with Crippen molar-refractivity contribution < 1.29 is 19.8 Å². The lowest BCUT2D eigenvalue weighted by atomic mass is 10.1. The van der Waals surface area contributed by atoms with E-state index in [-0.39, 0.29) is 11.3 Å². The number of carbonyl (C=O) groups excluding carboxylic acids is 1. The zero-order valence-corrected chi connectivity index (χ0v) is 13.4. The number of carbonyl (C=O) groups is 2. The van der Waals surface area contributed by atoms with Gasteiger partial charge in [0.05, 0.1) is 5.39 Å². The number of benzene rings is 2. The van der Waals surface area contributed by atoms with Crippen LogP contribution in [0.15, 0.2) is 53.3 Å². The van der Waals surface area contributed by atoms with Crippen LogP contribution < -0.4 is 10.9 Å². The number of fused-ring (bicyclic) bond motifs is 1. The SMILES string of the molecule is O=C(Cn1nnc2ccccc2c1=O)N[C@H](C(=O)O)c1ccc(O)cc1. The fourth-order valence-electron chi connectivity index (χ4n) is 2.42. The van der Waals surface area contributed by atoms with E-state index < -0.39 is 30.0 Å². The number of aromatic hydroxyl groups is 1. The molecule has 3 N–H and O–H groups in total. The quantitative estimate of drug-likeness (QED) is 0.605. The molecule has 0 aliphatic rings. The van der Waals surface area contributed by atoms with Crippen LogP contribution in [0.25, 0.3) is 10.9 Å². The molecule has 0 radical (unpaired) electrons. The van der Waals surface area contributed by atoms with Crippen LogP contribution in [0, 0.1) is 0 Å². The van der Waals surface area contributed by atoms with Gasteiger partial charge in [-0.3, -0.25) is 9.59 Å². The monoisotopic (exact) mass is 354 g/mol. The van der Waals surface area contributed by atoms with Crippen molar-refractivity contribution in [3.05, 3.63) is 64.4 Å². The van der Waals surface area contributed by atoms with E-state index in [0.717, 1.165) is 4.68 Å². The third-order valence-corrected chi connectivity index (χ3v) is 3.70. The van der Waals surface area contributed by atoms with E-state index in [2.05, 4.69) is 15.6 Å². The summed E-state index contributed by atoms with van der Waals surface area (Å²) in [5.74, 6) is -2.01. The molecular formula is C17H14N4O5. The van der Waals surface area contributed by atoms with E-state index in [1.165, 1.54) is 24.3 Å². The highest BCUT2D eigenvalue weighted by molar-refractivity contribution is 5.84. The molecule has 0 fully saturated rings. The van der Waals surface area contributed by atoms with Gasteiger partial charge in [-0.05, 0) is 29.8 Å². The highest BCUT2D eigenvalue weighted by Crippen LogP contribution is 2.17. The highest BCUT2D eigenvalue weighted by Gasteiger charge is 2.22. The Morgan fingerprint density at radius 3 is 2.50 bits per heavy atom. The molecule has 3 aromatic rings. The van der Waals surface area contributed by atoms with Crippen molar-refractivity contribution in [1.29, 1.82) is 0 Å². The van der Waals surface area contributed by atoms with Gasteiger partial charge >= 0.3 is 5.97 Å². The minimum absolute atomic E-state index is 0.0257. The predicted molar refractivity (Wildman–Crippen MR) is 90.4 cm³/mol. The molecule has 9 heteroatoms. The summed E-state index contributed by atoms with van der Waals surface area (Å²) < 4.78 is 0.868. The summed E-state index contributed by atoms with van der Waals surface area (Å²) in [6.07, 6.45) is 0. The lowest BCUT2D eigenvalue weighted by Crippen LogP contribution is -2.38. The molecule has 3 rings (SSSR count). The van der Waals surface area contributed by atoms with Gasteiger partial charge < -0.3 is 15.5 Å².